The quantitative estimate of drug-likeness (QED) is 0.753. The molecule has 0 fully saturated rings. The Morgan fingerprint density at radius 2 is 1.87 bits per heavy atom. The Hall–Kier alpha value is -1.78. The van der Waals surface area contributed by atoms with Crippen molar-refractivity contribution in [3.05, 3.63) is 54.0 Å². The first kappa shape index (κ1) is 17.6. The lowest BCUT2D eigenvalue weighted by molar-refractivity contribution is 0.0525. The summed E-state index contributed by atoms with van der Waals surface area (Å²) in [4.78, 5) is 0. The number of aliphatic hydroxyl groups is 1. The molecule has 2 rings (SSSR count). The first-order valence-corrected chi connectivity index (χ1v) is 8.02. The van der Waals surface area contributed by atoms with Crippen LogP contribution in [0.4, 0.5) is 0 Å². The van der Waals surface area contributed by atoms with Crippen molar-refractivity contribution in [2.75, 3.05) is 13.7 Å². The van der Waals surface area contributed by atoms with Crippen LogP contribution in [-0.4, -0.2) is 18.8 Å². The summed E-state index contributed by atoms with van der Waals surface area (Å²) in [7, 11) is 1.66. The summed E-state index contributed by atoms with van der Waals surface area (Å²) in [5, 5.41) is 10.2. The van der Waals surface area contributed by atoms with E-state index in [-0.39, 0.29) is 5.92 Å². The Kier molecular flexibility index (Phi) is 6.68. The Balaban J connectivity index is 1.70. The summed E-state index contributed by atoms with van der Waals surface area (Å²) in [5.41, 5.74) is 1.13. The van der Waals surface area contributed by atoms with E-state index in [0.29, 0.717) is 24.9 Å². The van der Waals surface area contributed by atoms with Gasteiger partial charge in [0.25, 0.3) is 0 Å². The predicted molar refractivity (Wildman–Crippen MR) is 89.3 cm³/mol. The van der Waals surface area contributed by atoms with Gasteiger partial charge in [0.15, 0.2) is 0 Å². The molecule has 0 saturated carbocycles. The second-order valence-corrected chi connectivity index (χ2v) is 6.14. The molecule has 0 aliphatic rings. The third-order valence-corrected chi connectivity index (χ3v) is 3.98. The highest BCUT2D eigenvalue weighted by atomic mass is 16.5. The van der Waals surface area contributed by atoms with Gasteiger partial charge in [-0.1, -0.05) is 26.0 Å². The standard InChI is InChI=1S/C19H26O4/c1-14(11-15(2)19(20)18-5-4-10-23-18)12-22-13-16-6-8-17(21-3)9-7-16/h4-10,14-15,19-20H,11-13H2,1-3H3/t14-,15+,19-/m1/s1. The maximum Gasteiger partial charge on any atom is 0.132 e. The minimum atomic E-state index is -0.561. The Morgan fingerprint density at radius 1 is 1.13 bits per heavy atom. The molecular weight excluding hydrogens is 292 g/mol. The van der Waals surface area contributed by atoms with E-state index in [4.69, 9.17) is 13.9 Å². The summed E-state index contributed by atoms with van der Waals surface area (Å²) in [6.07, 6.45) is 1.91. The summed E-state index contributed by atoms with van der Waals surface area (Å²) < 4.78 is 16.2. The van der Waals surface area contributed by atoms with Crippen LogP contribution in [0.25, 0.3) is 0 Å². The Morgan fingerprint density at radius 3 is 2.48 bits per heavy atom. The number of hydrogen-bond donors (Lipinski definition) is 1. The zero-order valence-corrected chi connectivity index (χ0v) is 14.1. The van der Waals surface area contributed by atoms with Crippen molar-refractivity contribution in [1.82, 2.24) is 0 Å². The van der Waals surface area contributed by atoms with Crippen molar-refractivity contribution in [2.24, 2.45) is 11.8 Å². The number of hydrogen-bond acceptors (Lipinski definition) is 4. The van der Waals surface area contributed by atoms with Crippen LogP contribution >= 0.6 is 0 Å². The van der Waals surface area contributed by atoms with Crippen LogP contribution in [0.1, 0.15) is 37.7 Å². The molecule has 0 aliphatic carbocycles. The van der Waals surface area contributed by atoms with Crippen LogP contribution in [0.5, 0.6) is 5.75 Å². The highest BCUT2D eigenvalue weighted by molar-refractivity contribution is 5.26. The van der Waals surface area contributed by atoms with Gasteiger partial charge in [0.1, 0.15) is 17.6 Å². The molecule has 23 heavy (non-hydrogen) atoms. The summed E-state index contributed by atoms with van der Waals surface area (Å²) in [6, 6.07) is 11.5. The molecule has 0 unspecified atom stereocenters. The van der Waals surface area contributed by atoms with Crippen molar-refractivity contribution < 1.29 is 19.0 Å². The van der Waals surface area contributed by atoms with E-state index in [1.165, 1.54) is 0 Å². The molecule has 1 aromatic carbocycles. The fourth-order valence-electron chi connectivity index (χ4n) is 2.67. The van der Waals surface area contributed by atoms with Crippen LogP contribution in [-0.2, 0) is 11.3 Å². The van der Waals surface area contributed by atoms with Gasteiger partial charge in [0.2, 0.25) is 0 Å². The summed E-state index contributed by atoms with van der Waals surface area (Å²) in [5.74, 6) is 1.97. The van der Waals surface area contributed by atoms with Crippen molar-refractivity contribution in [2.45, 2.75) is 33.0 Å². The lowest BCUT2D eigenvalue weighted by Gasteiger charge is -2.21. The monoisotopic (exact) mass is 318 g/mol. The second-order valence-electron chi connectivity index (χ2n) is 6.14. The zero-order chi connectivity index (χ0) is 16.7. The molecule has 4 nitrogen and oxygen atoms in total. The molecule has 0 amide bonds. The molecule has 0 radical (unpaired) electrons. The second kappa shape index (κ2) is 8.75. The lowest BCUT2D eigenvalue weighted by atomic mass is 9.92. The molecule has 2 aromatic rings. The van der Waals surface area contributed by atoms with E-state index in [9.17, 15) is 5.11 Å². The Bertz CT molecular complexity index is 547. The van der Waals surface area contributed by atoms with Crippen LogP contribution in [0.2, 0.25) is 0 Å². The molecule has 4 heteroatoms. The first-order chi connectivity index (χ1) is 11.1. The molecule has 0 saturated heterocycles. The van der Waals surface area contributed by atoms with Crippen LogP contribution in [0.3, 0.4) is 0 Å². The lowest BCUT2D eigenvalue weighted by Crippen LogP contribution is -2.15. The number of ether oxygens (including phenoxy) is 2. The van der Waals surface area contributed by atoms with Gasteiger partial charge in [-0.25, -0.2) is 0 Å². The van der Waals surface area contributed by atoms with Gasteiger partial charge in [-0.05, 0) is 48.1 Å². The van der Waals surface area contributed by atoms with E-state index in [0.717, 1.165) is 17.7 Å². The average molecular weight is 318 g/mol. The Labute approximate surface area is 138 Å². The maximum atomic E-state index is 10.2. The third kappa shape index (κ3) is 5.41. The smallest absolute Gasteiger partial charge is 0.132 e. The minimum absolute atomic E-state index is 0.126. The average Bonchev–Trinajstić information content (AvgIpc) is 3.09. The SMILES string of the molecule is COc1ccc(COC[C@H](C)C[C@H](C)[C@@H](O)c2ccco2)cc1. The molecule has 1 N–H and O–H groups in total. The van der Waals surface area contributed by atoms with Crippen molar-refractivity contribution in [3.63, 3.8) is 0 Å². The van der Waals surface area contributed by atoms with Gasteiger partial charge in [-0.3, -0.25) is 0 Å². The molecule has 0 spiro atoms. The van der Waals surface area contributed by atoms with Crippen LogP contribution in [0.15, 0.2) is 47.1 Å². The van der Waals surface area contributed by atoms with E-state index in [2.05, 4.69) is 6.92 Å². The molecule has 126 valence electrons. The highest BCUT2D eigenvalue weighted by Crippen LogP contribution is 2.27. The van der Waals surface area contributed by atoms with E-state index < -0.39 is 6.10 Å². The van der Waals surface area contributed by atoms with Gasteiger partial charge in [0, 0.05) is 6.61 Å². The first-order valence-electron chi connectivity index (χ1n) is 8.02. The minimum Gasteiger partial charge on any atom is -0.497 e. The summed E-state index contributed by atoms with van der Waals surface area (Å²) in [6.45, 7) is 5.43. The van der Waals surface area contributed by atoms with Gasteiger partial charge < -0.3 is 19.0 Å². The highest BCUT2D eigenvalue weighted by Gasteiger charge is 2.21. The fraction of sp³-hybridized carbons (Fsp3) is 0.474. The molecule has 1 heterocycles. The molecular formula is C19H26O4. The number of rotatable bonds is 9. The normalized spacial score (nSPS) is 15.1. The van der Waals surface area contributed by atoms with Crippen molar-refractivity contribution >= 4 is 0 Å². The molecule has 1 aromatic heterocycles. The van der Waals surface area contributed by atoms with E-state index >= 15 is 0 Å². The third-order valence-electron chi connectivity index (χ3n) is 3.98. The number of aliphatic hydroxyl groups excluding tert-OH is 1. The number of methoxy groups -OCH3 is 1. The van der Waals surface area contributed by atoms with Gasteiger partial charge in [-0.2, -0.15) is 0 Å². The van der Waals surface area contributed by atoms with Crippen molar-refractivity contribution in [1.29, 1.82) is 0 Å². The molecule has 0 aliphatic heterocycles. The van der Waals surface area contributed by atoms with Gasteiger partial charge >= 0.3 is 0 Å². The van der Waals surface area contributed by atoms with E-state index in [1.807, 2.05) is 37.3 Å². The maximum absolute atomic E-state index is 10.2. The van der Waals surface area contributed by atoms with Gasteiger partial charge in [-0.15, -0.1) is 0 Å². The largest absolute Gasteiger partial charge is 0.497 e. The summed E-state index contributed by atoms with van der Waals surface area (Å²) >= 11 is 0. The zero-order valence-electron chi connectivity index (χ0n) is 14.1. The number of benzene rings is 1. The van der Waals surface area contributed by atoms with Gasteiger partial charge in [0.05, 0.1) is 20.0 Å². The molecule has 3 atom stereocenters. The number of furan rings is 1. The topological polar surface area (TPSA) is 51.8 Å². The van der Waals surface area contributed by atoms with E-state index in [1.54, 1.807) is 19.4 Å². The van der Waals surface area contributed by atoms with Crippen LogP contribution in [0, 0.1) is 11.8 Å². The van der Waals surface area contributed by atoms with Crippen LogP contribution < -0.4 is 4.74 Å². The van der Waals surface area contributed by atoms with Crippen molar-refractivity contribution in [3.8, 4) is 5.75 Å². The molecule has 0 bridgehead atoms. The predicted octanol–water partition coefficient (Wildman–Crippen LogP) is 4.20. The fourth-order valence-corrected chi connectivity index (χ4v) is 2.67.